The summed E-state index contributed by atoms with van der Waals surface area (Å²) in [4.78, 5) is 13.5. The number of hydrogen-bond acceptors (Lipinski definition) is 6. The lowest BCUT2D eigenvalue weighted by Crippen LogP contribution is -2.46. The largest absolute Gasteiger partial charge is 0.491 e. The second-order valence-electron chi connectivity index (χ2n) is 7.01. The van der Waals surface area contributed by atoms with Crippen molar-refractivity contribution >= 4 is 17.2 Å². The molecule has 7 heteroatoms. The molecule has 1 fully saturated rings. The highest BCUT2D eigenvalue weighted by molar-refractivity contribution is 6.11. The van der Waals surface area contributed by atoms with E-state index >= 15 is 0 Å². The molecule has 0 atom stereocenters. The summed E-state index contributed by atoms with van der Waals surface area (Å²) in [5.41, 5.74) is 8.68. The van der Waals surface area contributed by atoms with Crippen LogP contribution in [0.3, 0.4) is 0 Å². The first-order valence-corrected chi connectivity index (χ1v) is 9.46. The van der Waals surface area contributed by atoms with E-state index in [1.165, 1.54) is 0 Å². The van der Waals surface area contributed by atoms with Crippen molar-refractivity contribution in [1.29, 1.82) is 0 Å². The Balaban J connectivity index is 1.82. The van der Waals surface area contributed by atoms with Crippen LogP contribution in [-0.4, -0.2) is 59.4 Å². The number of hydrogen-bond donors (Lipinski definition) is 2. The van der Waals surface area contributed by atoms with E-state index in [0.29, 0.717) is 17.1 Å². The van der Waals surface area contributed by atoms with Gasteiger partial charge in [-0.15, -0.1) is 0 Å². The van der Waals surface area contributed by atoms with Crippen molar-refractivity contribution in [1.82, 2.24) is 14.9 Å². The molecule has 0 saturated carbocycles. The van der Waals surface area contributed by atoms with Crippen molar-refractivity contribution < 1.29 is 10.1 Å². The highest BCUT2D eigenvalue weighted by Gasteiger charge is 2.21. The zero-order chi connectivity index (χ0) is 19.4. The van der Waals surface area contributed by atoms with E-state index in [4.69, 9.17) is 15.9 Å². The predicted molar refractivity (Wildman–Crippen MR) is 108 cm³/mol. The zero-order valence-electron chi connectivity index (χ0n) is 16.4. The Morgan fingerprint density at radius 3 is 2.59 bits per heavy atom. The van der Waals surface area contributed by atoms with E-state index in [-0.39, 0.29) is 6.10 Å². The molecular formula is C20H29N6O+. The summed E-state index contributed by atoms with van der Waals surface area (Å²) in [6, 6.07) is 7.47. The zero-order valence-corrected chi connectivity index (χ0v) is 16.4. The van der Waals surface area contributed by atoms with Crippen LogP contribution in [0.15, 0.2) is 30.6 Å². The minimum Gasteiger partial charge on any atom is -0.491 e. The first-order chi connectivity index (χ1) is 13.0. The number of benzene rings is 1. The van der Waals surface area contributed by atoms with Gasteiger partial charge in [0.25, 0.3) is 0 Å². The molecule has 1 aliphatic rings. The van der Waals surface area contributed by atoms with Crippen LogP contribution in [0.5, 0.6) is 5.75 Å². The van der Waals surface area contributed by atoms with Crippen LogP contribution < -0.4 is 20.8 Å². The number of ether oxygens (including phenoxy) is 1. The number of anilines is 2. The number of nitrogens with two attached hydrogens (primary N) is 2. The van der Waals surface area contributed by atoms with Gasteiger partial charge >= 0.3 is 0 Å². The fourth-order valence-corrected chi connectivity index (χ4v) is 3.21. The number of likely N-dealkylation sites (N-methyl/N-ethyl adjacent to an activating group) is 1. The van der Waals surface area contributed by atoms with Gasteiger partial charge in [0, 0.05) is 37.9 Å². The molecule has 0 radical (unpaired) electrons. The Bertz CT molecular complexity index is 799. The van der Waals surface area contributed by atoms with Gasteiger partial charge in [-0.2, -0.15) is 0 Å². The van der Waals surface area contributed by atoms with E-state index in [9.17, 15) is 0 Å². The number of aromatic nitrogens is 2. The summed E-state index contributed by atoms with van der Waals surface area (Å²) in [6.07, 6.45) is 1.64. The second kappa shape index (κ2) is 8.35. The maximum Gasteiger partial charge on any atom is 0.232 e. The van der Waals surface area contributed by atoms with Crippen LogP contribution in [0.1, 0.15) is 32.0 Å². The fraction of sp³-hybridized carbons (Fsp3) is 0.450. The lowest BCUT2D eigenvalue weighted by molar-refractivity contribution is -0.111. The Labute approximate surface area is 160 Å². The monoisotopic (exact) mass is 369 g/mol. The minimum absolute atomic E-state index is 0.0788. The van der Waals surface area contributed by atoms with Gasteiger partial charge in [-0.1, -0.05) is 6.92 Å². The third kappa shape index (κ3) is 4.54. The second-order valence-corrected chi connectivity index (χ2v) is 7.01. The molecule has 1 saturated heterocycles. The average molecular weight is 369 g/mol. The normalized spacial score (nSPS) is 15.2. The Hall–Kier alpha value is -2.67. The van der Waals surface area contributed by atoms with Crippen molar-refractivity contribution in [3.63, 3.8) is 0 Å². The highest BCUT2D eigenvalue weighted by Crippen LogP contribution is 2.23. The van der Waals surface area contributed by atoms with E-state index in [2.05, 4.69) is 26.7 Å². The summed E-state index contributed by atoms with van der Waals surface area (Å²) >= 11 is 0. The molecule has 1 aromatic heterocycles. The molecule has 2 aromatic rings. The van der Waals surface area contributed by atoms with Crippen LogP contribution in [0.4, 0.5) is 11.5 Å². The quantitative estimate of drug-likeness (QED) is 0.572. The molecule has 144 valence electrons. The van der Waals surface area contributed by atoms with Gasteiger partial charge in [-0.05, 0) is 38.6 Å². The van der Waals surface area contributed by atoms with Gasteiger partial charge in [0.1, 0.15) is 23.6 Å². The smallest absolute Gasteiger partial charge is 0.232 e. The SMILES string of the molecule is CCN1CCN(c2cc(C(=[NH2+])c3cc(OC(C)C)ccc3N)ncn2)CC1. The van der Waals surface area contributed by atoms with Gasteiger partial charge in [0.05, 0.1) is 11.7 Å². The minimum atomic E-state index is 0.0788. The summed E-state index contributed by atoms with van der Waals surface area (Å²) in [5.74, 6) is 1.63. The Morgan fingerprint density at radius 2 is 1.93 bits per heavy atom. The standard InChI is InChI=1S/C20H28N6O/c1-4-25-7-9-26(10-8-25)19-12-18(23-13-24-19)20(22)16-11-15(27-14(2)3)5-6-17(16)21/h5-6,11-14,22H,4,7-10,21H2,1-3H3/p+1. The molecule has 0 aliphatic carbocycles. The van der Waals surface area contributed by atoms with Crippen molar-refractivity contribution in [3.05, 3.63) is 41.9 Å². The first-order valence-electron chi connectivity index (χ1n) is 9.46. The number of nitrogens with zero attached hydrogens (tertiary/aromatic N) is 4. The summed E-state index contributed by atoms with van der Waals surface area (Å²) in [6.45, 7) is 11.2. The molecule has 27 heavy (non-hydrogen) atoms. The van der Waals surface area contributed by atoms with Crippen LogP contribution in [0.25, 0.3) is 0 Å². The van der Waals surface area contributed by atoms with Crippen LogP contribution in [0.2, 0.25) is 0 Å². The van der Waals surface area contributed by atoms with Crippen LogP contribution >= 0.6 is 0 Å². The lowest BCUT2D eigenvalue weighted by atomic mass is 10.0. The van der Waals surface area contributed by atoms with E-state index in [0.717, 1.165) is 49.9 Å². The van der Waals surface area contributed by atoms with Crippen molar-refractivity contribution in [2.75, 3.05) is 43.4 Å². The molecule has 2 heterocycles. The molecule has 0 amide bonds. The molecule has 0 spiro atoms. The molecule has 0 unspecified atom stereocenters. The maximum atomic E-state index is 6.42. The Kier molecular flexibility index (Phi) is 5.91. The average Bonchev–Trinajstić information content (AvgIpc) is 2.68. The molecular weight excluding hydrogens is 340 g/mol. The maximum absolute atomic E-state index is 6.42. The molecule has 4 N–H and O–H groups in total. The number of piperazine rings is 1. The van der Waals surface area contributed by atoms with Gasteiger partial charge in [0.15, 0.2) is 0 Å². The van der Waals surface area contributed by atoms with Crippen LogP contribution in [-0.2, 0) is 0 Å². The van der Waals surface area contributed by atoms with Crippen LogP contribution in [0, 0.1) is 0 Å². The molecule has 3 rings (SSSR count). The fourth-order valence-electron chi connectivity index (χ4n) is 3.21. The first kappa shape index (κ1) is 19.1. The van der Waals surface area contributed by atoms with Gasteiger partial charge < -0.3 is 20.3 Å². The molecule has 1 aliphatic heterocycles. The van der Waals surface area contributed by atoms with E-state index < -0.39 is 0 Å². The van der Waals surface area contributed by atoms with Crippen molar-refractivity contribution in [2.24, 2.45) is 0 Å². The number of rotatable bonds is 6. The molecule has 1 aromatic carbocycles. The summed E-state index contributed by atoms with van der Waals surface area (Å²) in [5, 5.41) is 6.42. The molecule has 7 nitrogen and oxygen atoms in total. The van der Waals surface area contributed by atoms with Gasteiger partial charge in [0.2, 0.25) is 5.71 Å². The summed E-state index contributed by atoms with van der Waals surface area (Å²) in [7, 11) is 0. The van der Waals surface area contributed by atoms with Gasteiger partial charge in [-0.3, -0.25) is 5.41 Å². The number of nitrogen functional groups attached to an aromatic ring is 1. The highest BCUT2D eigenvalue weighted by atomic mass is 16.5. The summed E-state index contributed by atoms with van der Waals surface area (Å²) < 4.78 is 5.77. The van der Waals surface area contributed by atoms with Crippen molar-refractivity contribution in [2.45, 2.75) is 26.9 Å². The van der Waals surface area contributed by atoms with E-state index in [1.807, 2.05) is 38.1 Å². The lowest BCUT2D eigenvalue weighted by Gasteiger charge is -2.34. The topological polar surface area (TPSA) is 93.1 Å². The van der Waals surface area contributed by atoms with Crippen molar-refractivity contribution in [3.8, 4) is 5.75 Å². The predicted octanol–water partition coefficient (Wildman–Crippen LogP) is 0.584. The molecule has 0 bridgehead atoms. The van der Waals surface area contributed by atoms with Gasteiger partial charge in [-0.25, -0.2) is 9.97 Å². The third-order valence-electron chi connectivity index (χ3n) is 4.76. The van der Waals surface area contributed by atoms with E-state index in [1.54, 1.807) is 6.33 Å². The third-order valence-corrected chi connectivity index (χ3v) is 4.76. The Morgan fingerprint density at radius 1 is 1.19 bits per heavy atom.